The van der Waals surface area contributed by atoms with Crippen LogP contribution in [0.2, 0.25) is 0 Å². The number of ether oxygens (including phenoxy) is 3. The van der Waals surface area contributed by atoms with Gasteiger partial charge in [-0.2, -0.15) is 127 Å². The quantitative estimate of drug-likeness (QED) is 0.0617. The smallest absolute Gasteiger partial charge is 0.194 e. The van der Waals surface area contributed by atoms with Gasteiger partial charge in [0.2, 0.25) is 0 Å². The predicted octanol–water partition coefficient (Wildman–Crippen LogP) is 13.5. The topological polar surface area (TPSA) is 27.7 Å². The van der Waals surface area contributed by atoms with Gasteiger partial charge in [-0.15, -0.1) is 0 Å². The zero-order valence-electron chi connectivity index (χ0n) is 42.1. The third-order valence-electron chi connectivity index (χ3n) is 12.4. The van der Waals surface area contributed by atoms with Crippen molar-refractivity contribution in [3.63, 3.8) is 0 Å². The van der Waals surface area contributed by atoms with E-state index in [9.17, 15) is 105 Å². The van der Waals surface area contributed by atoms with E-state index >= 15 is 0 Å². The van der Waals surface area contributed by atoms with Gasteiger partial charge < -0.3 is 0 Å². The number of rotatable bonds is 14. The van der Waals surface area contributed by atoms with E-state index in [-0.39, 0.29) is 0 Å². The Balaban J connectivity index is 0.000000347. The minimum atomic E-state index is -6.13. The maximum Gasteiger partial charge on any atom is 0.416 e. The molecule has 0 saturated heterocycles. The van der Waals surface area contributed by atoms with Crippen LogP contribution >= 0.6 is 0 Å². The van der Waals surface area contributed by atoms with E-state index in [1.165, 1.54) is 13.4 Å². The molecule has 0 atom stereocenters. The molecule has 7 aromatic rings. The average Bonchev–Trinajstić information content (AvgIpc) is 0.748. The molecule has 0 aliphatic rings. The molecule has 0 aromatic heterocycles. The molecule has 3 nitrogen and oxygen atoms in total. The molecule has 29 heteroatoms. The average molecular weight is 1290 g/mol. The van der Waals surface area contributed by atoms with Crippen molar-refractivity contribution in [2.45, 2.75) is 49.4 Å². The molecule has 0 aliphatic carbocycles. The summed E-state index contributed by atoms with van der Waals surface area (Å²) in [5, 5.41) is 0. The molecule has 0 unspecified atom stereocenters. The van der Waals surface area contributed by atoms with E-state index < -0.39 is 209 Å². The number of halogens is 24. The molecule has 0 aliphatic heterocycles. The molecule has 452 valence electrons. The van der Waals surface area contributed by atoms with Gasteiger partial charge in [-0.1, -0.05) is 48.5 Å². The second-order valence-electron chi connectivity index (χ2n) is 18.1. The second-order valence-corrected chi connectivity index (χ2v) is 22.2. The molecule has 0 N–H and O–H groups in total. The Kier molecular flexibility index (Phi) is 19.7. The molecule has 7 rings (SSSR count). The summed E-state index contributed by atoms with van der Waals surface area (Å²) < 4.78 is 361. The Labute approximate surface area is 464 Å². The summed E-state index contributed by atoms with van der Waals surface area (Å²) in [6.07, 6.45) is -54.8. The van der Waals surface area contributed by atoms with E-state index in [1.807, 2.05) is 6.07 Å². The van der Waals surface area contributed by atoms with Crippen LogP contribution < -0.4 is 40.0 Å². The van der Waals surface area contributed by atoms with Crippen LogP contribution in [0.25, 0.3) is 0 Å². The van der Waals surface area contributed by atoms with Crippen LogP contribution in [0, 0.1) is 0 Å². The fourth-order valence-corrected chi connectivity index (χ4v) is 13.3. The SMILES string of the molecule is COCCOCCOc1ccccc1[Se+](c1ccccc1)c1ccccc1.FC(F)(F)c1cc([B-](c2cc(C(F)(F)F)cc(C(F)(F)F)c2)(c2cc(C(F)(F)F)cc(C(F)(F)F)c2)c2cc(C(F)(F)F)cc(C(F)(F)F)c2)cc(C(F)(F)F)c1. The molecule has 0 heterocycles. The van der Waals surface area contributed by atoms with Crippen molar-refractivity contribution < 1.29 is 120 Å². The summed E-state index contributed by atoms with van der Waals surface area (Å²) in [5.74, 6) is 0.950. The zero-order valence-corrected chi connectivity index (χ0v) is 43.8. The van der Waals surface area contributed by atoms with Crippen LogP contribution in [0.5, 0.6) is 5.75 Å². The number of methoxy groups -OCH3 is 1. The summed E-state index contributed by atoms with van der Waals surface area (Å²) >= 11 is -1.43. The Morgan fingerprint density at radius 2 is 0.560 bits per heavy atom. The van der Waals surface area contributed by atoms with Crippen LogP contribution in [-0.2, 0) is 58.9 Å². The Hall–Kier alpha value is -6.84. The molecule has 0 saturated carbocycles. The summed E-state index contributed by atoms with van der Waals surface area (Å²) in [6.45, 7) is 2.28. The van der Waals surface area contributed by atoms with Gasteiger partial charge in [0.05, 0.1) is 44.5 Å². The first-order valence-corrected chi connectivity index (χ1v) is 26.2. The van der Waals surface area contributed by atoms with Crippen molar-refractivity contribution in [3.05, 3.63) is 202 Å². The maximum absolute atomic E-state index is 14.2. The fraction of sp³-hybridized carbons (Fsp3) is 0.236. The van der Waals surface area contributed by atoms with Gasteiger partial charge >= 0.3 is 215 Å². The van der Waals surface area contributed by atoms with Crippen LogP contribution in [-0.4, -0.2) is 53.6 Å². The molecule has 0 amide bonds. The van der Waals surface area contributed by atoms with Gasteiger partial charge in [0, 0.05) is 0 Å². The molecular weight excluding hydrogens is 1250 g/mol. The first-order chi connectivity index (χ1) is 38.7. The predicted molar refractivity (Wildman–Crippen MR) is 262 cm³/mol. The van der Waals surface area contributed by atoms with Crippen LogP contribution in [0.15, 0.2) is 158 Å². The van der Waals surface area contributed by atoms with Crippen molar-refractivity contribution in [2.75, 3.05) is 33.5 Å². The van der Waals surface area contributed by atoms with E-state index in [0.29, 0.717) is 26.4 Å². The van der Waals surface area contributed by atoms with E-state index in [0.717, 1.165) is 5.75 Å². The maximum atomic E-state index is 14.2. The Morgan fingerprint density at radius 1 is 0.310 bits per heavy atom. The standard InChI is InChI=1S/C32H12BF24.C23H25O3Se/c34-25(35,36)13-1-14(26(37,38)39)6-21(5-13)33(22-7-15(27(40,41)42)2-16(8-22)28(43,44)45,23-9-17(29(46,47)48)3-18(10-23)30(49,50)51)24-11-19(31(52,53)54)4-20(12-24)32(55,56)57;1-24-16-17-25-18-19-26-22-14-8-9-15-23(22)27(20-10-4-2-5-11-20)21-12-6-3-7-13-21/h1-12H;2-15H,16-19H2,1H3/q-1;+1. The number of hydrogen-bond donors (Lipinski definition) is 0. The summed E-state index contributed by atoms with van der Waals surface area (Å²) in [4.78, 5) is 0. The second kappa shape index (κ2) is 25.0. The third-order valence-corrected chi connectivity index (χ3v) is 17.1. The van der Waals surface area contributed by atoms with Gasteiger partial charge in [0.25, 0.3) is 0 Å². The molecule has 0 spiro atoms. The Morgan fingerprint density at radius 3 is 0.821 bits per heavy atom. The number of alkyl halides is 24. The largest absolute Gasteiger partial charge is 0.416 e. The number of hydrogen-bond acceptors (Lipinski definition) is 3. The molecule has 84 heavy (non-hydrogen) atoms. The van der Waals surface area contributed by atoms with Crippen molar-refractivity contribution in [2.24, 2.45) is 0 Å². The Bertz CT molecular complexity index is 2870. The summed E-state index contributed by atoms with van der Waals surface area (Å²) in [7, 11) is 1.67. The van der Waals surface area contributed by atoms with Crippen molar-refractivity contribution >= 4 is 55.3 Å². The molecule has 0 bridgehead atoms. The molecule has 0 fully saturated rings. The first-order valence-electron chi connectivity index (χ1n) is 23.6. The fourth-order valence-electron chi connectivity index (χ4n) is 8.77. The molecular formula is C55H37BF24O3Se. The summed E-state index contributed by atoms with van der Waals surface area (Å²) in [6, 6.07) is 21.1. The summed E-state index contributed by atoms with van der Waals surface area (Å²) in [5.41, 5.74) is -30.2. The van der Waals surface area contributed by atoms with Crippen molar-refractivity contribution in [1.29, 1.82) is 0 Å². The number of para-hydroxylation sites is 1. The van der Waals surface area contributed by atoms with Gasteiger partial charge in [-0.3, -0.25) is 0 Å². The van der Waals surface area contributed by atoms with Crippen LogP contribution in [0.4, 0.5) is 105 Å². The molecule has 0 radical (unpaired) electrons. The first kappa shape index (κ1) is 66.3. The monoisotopic (exact) mass is 1290 g/mol. The van der Waals surface area contributed by atoms with Gasteiger partial charge in [0.1, 0.15) is 6.15 Å². The number of benzene rings is 7. The van der Waals surface area contributed by atoms with Crippen molar-refractivity contribution in [1.82, 2.24) is 0 Å². The minimum Gasteiger partial charge on any atom is -0.194 e. The minimum absolute atomic E-state index is 0.531. The van der Waals surface area contributed by atoms with Gasteiger partial charge in [-0.05, 0) is 24.3 Å². The zero-order chi connectivity index (χ0) is 62.6. The van der Waals surface area contributed by atoms with Crippen molar-refractivity contribution in [3.8, 4) is 5.75 Å². The van der Waals surface area contributed by atoms with Crippen LogP contribution in [0.1, 0.15) is 44.5 Å². The van der Waals surface area contributed by atoms with Gasteiger partial charge in [-0.25, -0.2) is 0 Å². The third kappa shape index (κ3) is 16.1. The normalized spacial score (nSPS) is 13.2. The van der Waals surface area contributed by atoms with Gasteiger partial charge in [0.15, 0.2) is 0 Å². The van der Waals surface area contributed by atoms with E-state index in [2.05, 4.69) is 78.9 Å². The van der Waals surface area contributed by atoms with Crippen LogP contribution in [0.3, 0.4) is 0 Å². The van der Waals surface area contributed by atoms with E-state index in [4.69, 9.17) is 14.2 Å². The molecule has 7 aromatic carbocycles. The van der Waals surface area contributed by atoms with E-state index in [1.54, 1.807) is 7.11 Å².